The second kappa shape index (κ2) is 6.90. The lowest BCUT2D eigenvalue weighted by atomic mass is 10.2. The summed E-state index contributed by atoms with van der Waals surface area (Å²) in [6, 6.07) is 14.7. The molecule has 22 heavy (non-hydrogen) atoms. The molecule has 2 aromatic rings. The molecule has 0 heterocycles. The second-order valence-electron chi connectivity index (χ2n) is 4.40. The van der Waals surface area contributed by atoms with Crippen molar-refractivity contribution in [1.82, 2.24) is 0 Å². The molecule has 0 aliphatic carbocycles. The van der Waals surface area contributed by atoms with Crippen LogP contribution in [0.25, 0.3) is 0 Å². The SMILES string of the molecule is N#Cc1ccccc1NC(=O)COC(=O)c1ccc(N)cc1. The number of ether oxygens (including phenoxy) is 1. The highest BCUT2D eigenvalue weighted by Crippen LogP contribution is 2.13. The van der Waals surface area contributed by atoms with Crippen LogP contribution < -0.4 is 11.1 Å². The maximum absolute atomic E-state index is 11.8. The lowest BCUT2D eigenvalue weighted by molar-refractivity contribution is -0.119. The van der Waals surface area contributed by atoms with Crippen LogP contribution in [0.2, 0.25) is 0 Å². The van der Waals surface area contributed by atoms with Gasteiger partial charge in [0.05, 0.1) is 16.8 Å². The Hall–Kier alpha value is -3.33. The van der Waals surface area contributed by atoms with Gasteiger partial charge in [-0.15, -0.1) is 0 Å². The van der Waals surface area contributed by atoms with Gasteiger partial charge in [0.2, 0.25) is 0 Å². The van der Waals surface area contributed by atoms with E-state index >= 15 is 0 Å². The first kappa shape index (κ1) is 15.1. The number of nitrogens with zero attached hydrogens (tertiary/aromatic N) is 1. The molecule has 2 aromatic carbocycles. The van der Waals surface area contributed by atoms with Crippen molar-refractivity contribution in [2.45, 2.75) is 0 Å². The summed E-state index contributed by atoms with van der Waals surface area (Å²) in [5.41, 5.74) is 7.06. The van der Waals surface area contributed by atoms with Gasteiger partial charge in [0.15, 0.2) is 6.61 Å². The lowest BCUT2D eigenvalue weighted by Crippen LogP contribution is -2.21. The van der Waals surface area contributed by atoms with E-state index < -0.39 is 18.5 Å². The van der Waals surface area contributed by atoms with E-state index in [2.05, 4.69) is 5.32 Å². The van der Waals surface area contributed by atoms with Crippen molar-refractivity contribution >= 4 is 23.3 Å². The molecule has 1 amide bonds. The fraction of sp³-hybridized carbons (Fsp3) is 0.0625. The number of carbonyl (C=O) groups is 2. The number of carbonyl (C=O) groups excluding carboxylic acids is 2. The fourth-order valence-corrected chi connectivity index (χ4v) is 1.71. The zero-order chi connectivity index (χ0) is 15.9. The summed E-state index contributed by atoms with van der Waals surface area (Å²) in [7, 11) is 0. The van der Waals surface area contributed by atoms with Gasteiger partial charge in [-0.1, -0.05) is 12.1 Å². The third-order valence-corrected chi connectivity index (χ3v) is 2.80. The Balaban J connectivity index is 1.91. The molecule has 0 atom stereocenters. The van der Waals surface area contributed by atoms with Gasteiger partial charge in [-0.3, -0.25) is 4.79 Å². The maximum atomic E-state index is 11.8. The number of hydrogen-bond donors (Lipinski definition) is 2. The minimum absolute atomic E-state index is 0.305. The lowest BCUT2D eigenvalue weighted by Gasteiger charge is -2.07. The van der Waals surface area contributed by atoms with E-state index in [1.165, 1.54) is 12.1 Å². The average Bonchev–Trinajstić information content (AvgIpc) is 2.54. The molecule has 0 aliphatic heterocycles. The van der Waals surface area contributed by atoms with Crippen LogP contribution in [0.1, 0.15) is 15.9 Å². The molecule has 0 aliphatic rings. The second-order valence-corrected chi connectivity index (χ2v) is 4.40. The number of para-hydroxylation sites is 1. The van der Waals surface area contributed by atoms with E-state index in [4.69, 9.17) is 15.7 Å². The van der Waals surface area contributed by atoms with Crippen molar-refractivity contribution in [3.05, 3.63) is 59.7 Å². The molecule has 0 aromatic heterocycles. The molecule has 110 valence electrons. The van der Waals surface area contributed by atoms with Crippen LogP contribution in [0.3, 0.4) is 0 Å². The van der Waals surface area contributed by atoms with Gasteiger partial charge >= 0.3 is 5.97 Å². The smallest absolute Gasteiger partial charge is 0.338 e. The van der Waals surface area contributed by atoms with Crippen LogP contribution in [-0.4, -0.2) is 18.5 Å². The quantitative estimate of drug-likeness (QED) is 0.662. The summed E-state index contributed by atoms with van der Waals surface area (Å²) in [5, 5.41) is 11.4. The predicted molar refractivity (Wildman–Crippen MR) is 80.9 cm³/mol. The van der Waals surface area contributed by atoms with E-state index in [0.717, 1.165) is 0 Å². The van der Waals surface area contributed by atoms with Gasteiger partial charge in [0.25, 0.3) is 5.91 Å². The molecule has 6 heteroatoms. The first-order chi connectivity index (χ1) is 10.6. The highest BCUT2D eigenvalue weighted by atomic mass is 16.5. The number of nitrogen functional groups attached to an aromatic ring is 1. The Morgan fingerprint density at radius 2 is 1.82 bits per heavy atom. The molecule has 2 rings (SSSR count). The minimum atomic E-state index is -0.622. The van der Waals surface area contributed by atoms with Crippen molar-refractivity contribution in [1.29, 1.82) is 5.26 Å². The fourth-order valence-electron chi connectivity index (χ4n) is 1.71. The molecule has 0 radical (unpaired) electrons. The Labute approximate surface area is 127 Å². The third-order valence-electron chi connectivity index (χ3n) is 2.80. The molecule has 0 bridgehead atoms. The minimum Gasteiger partial charge on any atom is -0.452 e. The topological polar surface area (TPSA) is 105 Å². The molecule has 0 spiro atoms. The van der Waals surface area contributed by atoms with Gasteiger partial charge < -0.3 is 15.8 Å². The Morgan fingerprint density at radius 3 is 2.50 bits per heavy atom. The first-order valence-corrected chi connectivity index (χ1v) is 6.42. The first-order valence-electron chi connectivity index (χ1n) is 6.42. The summed E-state index contributed by atoms with van der Waals surface area (Å²) in [6.07, 6.45) is 0. The number of anilines is 2. The van der Waals surface area contributed by atoms with E-state index in [9.17, 15) is 9.59 Å². The highest BCUT2D eigenvalue weighted by Gasteiger charge is 2.11. The average molecular weight is 295 g/mol. The molecule has 0 saturated carbocycles. The molecule has 0 unspecified atom stereocenters. The van der Waals surface area contributed by atoms with Gasteiger partial charge in [0, 0.05) is 5.69 Å². The van der Waals surface area contributed by atoms with E-state index in [1.807, 2.05) is 6.07 Å². The molecule has 3 N–H and O–H groups in total. The number of hydrogen-bond acceptors (Lipinski definition) is 5. The summed E-state index contributed by atoms with van der Waals surface area (Å²) >= 11 is 0. The summed E-state index contributed by atoms with van der Waals surface area (Å²) in [5.74, 6) is -1.14. The molecule has 6 nitrogen and oxygen atoms in total. The van der Waals surface area contributed by atoms with Crippen molar-refractivity contribution in [2.75, 3.05) is 17.7 Å². The Bertz CT molecular complexity index is 733. The van der Waals surface area contributed by atoms with Crippen molar-refractivity contribution < 1.29 is 14.3 Å². The monoisotopic (exact) mass is 295 g/mol. The molecule has 0 saturated heterocycles. The van der Waals surface area contributed by atoms with E-state index in [-0.39, 0.29) is 0 Å². The highest BCUT2D eigenvalue weighted by molar-refractivity contribution is 5.96. The van der Waals surface area contributed by atoms with Crippen LogP contribution in [0.5, 0.6) is 0 Å². The third kappa shape index (κ3) is 3.84. The maximum Gasteiger partial charge on any atom is 0.338 e. The van der Waals surface area contributed by atoms with Crippen molar-refractivity contribution in [3.8, 4) is 6.07 Å². The van der Waals surface area contributed by atoms with Crippen LogP contribution >= 0.6 is 0 Å². The largest absolute Gasteiger partial charge is 0.452 e. The zero-order valence-corrected chi connectivity index (χ0v) is 11.6. The standard InChI is InChI=1S/C16H13N3O3/c17-9-12-3-1-2-4-14(12)19-15(20)10-22-16(21)11-5-7-13(18)8-6-11/h1-8H,10,18H2,(H,19,20). The number of amides is 1. The normalized spacial score (nSPS) is 9.59. The molecule has 0 fully saturated rings. The van der Waals surface area contributed by atoms with Crippen LogP contribution in [0, 0.1) is 11.3 Å². The Morgan fingerprint density at radius 1 is 1.14 bits per heavy atom. The number of nitrogens with two attached hydrogens (primary N) is 1. The van der Waals surface area contributed by atoms with E-state index in [0.29, 0.717) is 22.5 Å². The van der Waals surface area contributed by atoms with E-state index in [1.54, 1.807) is 36.4 Å². The predicted octanol–water partition coefficient (Wildman–Crippen LogP) is 1.94. The Kier molecular flexibility index (Phi) is 4.73. The van der Waals surface area contributed by atoms with Crippen LogP contribution in [-0.2, 0) is 9.53 Å². The van der Waals surface area contributed by atoms with Gasteiger partial charge in [-0.2, -0.15) is 5.26 Å². The molecular weight excluding hydrogens is 282 g/mol. The van der Waals surface area contributed by atoms with Crippen LogP contribution in [0.15, 0.2) is 48.5 Å². The number of esters is 1. The van der Waals surface area contributed by atoms with Gasteiger partial charge in [-0.05, 0) is 36.4 Å². The van der Waals surface area contributed by atoms with Crippen molar-refractivity contribution in [2.24, 2.45) is 0 Å². The van der Waals surface area contributed by atoms with Gasteiger partial charge in [-0.25, -0.2) is 4.79 Å². The zero-order valence-electron chi connectivity index (χ0n) is 11.6. The number of rotatable bonds is 4. The van der Waals surface area contributed by atoms with Crippen LogP contribution in [0.4, 0.5) is 11.4 Å². The molecular formula is C16H13N3O3. The summed E-state index contributed by atoms with van der Waals surface area (Å²) < 4.78 is 4.90. The summed E-state index contributed by atoms with van der Waals surface area (Å²) in [4.78, 5) is 23.5. The number of nitriles is 1. The van der Waals surface area contributed by atoms with Crippen molar-refractivity contribution in [3.63, 3.8) is 0 Å². The number of nitrogens with one attached hydrogen (secondary N) is 1. The number of benzene rings is 2. The van der Waals surface area contributed by atoms with Gasteiger partial charge in [0.1, 0.15) is 6.07 Å². The summed E-state index contributed by atoms with van der Waals surface area (Å²) in [6.45, 7) is -0.441.